The molecule has 0 saturated carbocycles. The van der Waals surface area contributed by atoms with Gasteiger partial charge in [-0.1, -0.05) is 12.1 Å². The van der Waals surface area contributed by atoms with Crippen molar-refractivity contribution in [2.45, 2.75) is 12.8 Å². The maximum Gasteiger partial charge on any atom is 0.226 e. The topological polar surface area (TPSA) is 52.6 Å². The largest absolute Gasteiger partial charge is 0.508 e. The van der Waals surface area contributed by atoms with E-state index in [1.54, 1.807) is 24.3 Å². The van der Waals surface area contributed by atoms with E-state index in [0.717, 1.165) is 31.6 Å². The number of amides is 1. The Morgan fingerprint density at radius 1 is 1.44 bits per heavy atom. The quantitative estimate of drug-likeness (QED) is 0.836. The summed E-state index contributed by atoms with van der Waals surface area (Å²) >= 11 is 0. The number of aromatic hydroxyl groups is 1. The minimum atomic E-state index is 0.180. The van der Waals surface area contributed by atoms with Crippen molar-refractivity contribution in [3.05, 3.63) is 29.8 Å². The number of rotatable bonds is 4. The molecule has 1 atom stereocenters. The van der Waals surface area contributed by atoms with Gasteiger partial charge in [0.2, 0.25) is 5.91 Å². The lowest BCUT2D eigenvalue weighted by Gasteiger charge is -2.16. The van der Waals surface area contributed by atoms with Gasteiger partial charge in [0.1, 0.15) is 5.75 Å². The summed E-state index contributed by atoms with van der Waals surface area (Å²) in [5.41, 5.74) is 0.954. The molecule has 0 bridgehead atoms. The molecule has 1 aliphatic rings. The molecule has 18 heavy (non-hydrogen) atoms. The maximum absolute atomic E-state index is 12.1. The lowest BCUT2D eigenvalue weighted by molar-refractivity contribution is -0.129. The van der Waals surface area contributed by atoms with Gasteiger partial charge in [-0.3, -0.25) is 4.79 Å². The van der Waals surface area contributed by atoms with Crippen LogP contribution in [0.1, 0.15) is 12.0 Å². The van der Waals surface area contributed by atoms with Gasteiger partial charge in [0.15, 0.2) is 0 Å². The number of nitrogens with one attached hydrogen (secondary N) is 1. The van der Waals surface area contributed by atoms with E-state index in [9.17, 15) is 9.90 Å². The fraction of sp³-hybridized carbons (Fsp3) is 0.500. The summed E-state index contributed by atoms with van der Waals surface area (Å²) in [7, 11) is 1.95. The lowest BCUT2D eigenvalue weighted by atomic mass is 10.1. The summed E-state index contributed by atoms with van der Waals surface area (Å²) in [6.07, 6.45) is 1.51. The van der Waals surface area contributed by atoms with Crippen LogP contribution in [0.5, 0.6) is 5.75 Å². The Kier molecular flexibility index (Phi) is 4.20. The van der Waals surface area contributed by atoms with Crippen LogP contribution in [0.25, 0.3) is 0 Å². The van der Waals surface area contributed by atoms with Crippen molar-refractivity contribution >= 4 is 5.91 Å². The number of carbonyl (C=O) groups is 1. The molecule has 1 aliphatic heterocycles. The van der Waals surface area contributed by atoms with Gasteiger partial charge in [-0.2, -0.15) is 0 Å². The molecular weight excluding hydrogens is 228 g/mol. The molecule has 98 valence electrons. The molecule has 1 amide bonds. The zero-order valence-electron chi connectivity index (χ0n) is 10.7. The molecule has 1 aromatic rings. The highest BCUT2D eigenvalue weighted by molar-refractivity contribution is 5.79. The number of phenols is 1. The highest BCUT2D eigenvalue weighted by Crippen LogP contribution is 2.17. The van der Waals surface area contributed by atoms with E-state index in [4.69, 9.17) is 0 Å². The molecule has 0 aromatic heterocycles. The SMILES string of the molecule is CNCC1CCN(C(=O)Cc2ccc(O)cc2)C1. The Balaban J connectivity index is 1.87. The number of hydrogen-bond donors (Lipinski definition) is 2. The molecule has 1 saturated heterocycles. The number of nitrogens with zero attached hydrogens (tertiary/aromatic N) is 1. The van der Waals surface area contributed by atoms with Crippen LogP contribution in [0.2, 0.25) is 0 Å². The summed E-state index contributed by atoms with van der Waals surface area (Å²) in [5.74, 6) is 1.000. The summed E-state index contributed by atoms with van der Waals surface area (Å²) < 4.78 is 0. The molecule has 4 heteroatoms. The highest BCUT2D eigenvalue weighted by Gasteiger charge is 2.25. The first-order valence-electron chi connectivity index (χ1n) is 6.39. The van der Waals surface area contributed by atoms with Crippen molar-refractivity contribution in [1.82, 2.24) is 10.2 Å². The predicted molar refractivity (Wildman–Crippen MR) is 70.4 cm³/mol. The van der Waals surface area contributed by atoms with Crippen molar-refractivity contribution < 1.29 is 9.90 Å². The number of phenolic OH excluding ortho intramolecular Hbond substituents is 1. The molecule has 2 rings (SSSR count). The Morgan fingerprint density at radius 3 is 2.83 bits per heavy atom. The third-order valence-electron chi connectivity index (χ3n) is 3.42. The Bertz CT molecular complexity index is 403. The first kappa shape index (κ1) is 12.9. The summed E-state index contributed by atoms with van der Waals surface area (Å²) in [4.78, 5) is 14.0. The van der Waals surface area contributed by atoms with Crippen LogP contribution in [-0.4, -0.2) is 42.6 Å². The third-order valence-corrected chi connectivity index (χ3v) is 3.42. The van der Waals surface area contributed by atoms with E-state index >= 15 is 0 Å². The monoisotopic (exact) mass is 248 g/mol. The van der Waals surface area contributed by atoms with Crippen molar-refractivity contribution in [3.8, 4) is 5.75 Å². The van der Waals surface area contributed by atoms with Crippen molar-refractivity contribution in [2.24, 2.45) is 5.92 Å². The molecule has 1 heterocycles. The number of benzene rings is 1. The number of carbonyl (C=O) groups excluding carboxylic acids is 1. The second-order valence-electron chi connectivity index (χ2n) is 4.90. The standard InChI is InChI=1S/C14H20N2O2/c1-15-9-12-6-7-16(10-12)14(18)8-11-2-4-13(17)5-3-11/h2-5,12,15,17H,6-10H2,1H3. The molecule has 1 fully saturated rings. The van der Waals surface area contributed by atoms with Gasteiger partial charge in [0.25, 0.3) is 0 Å². The van der Waals surface area contributed by atoms with Gasteiger partial charge >= 0.3 is 0 Å². The highest BCUT2D eigenvalue weighted by atomic mass is 16.3. The molecule has 1 aromatic carbocycles. The van der Waals surface area contributed by atoms with E-state index in [1.165, 1.54) is 0 Å². The van der Waals surface area contributed by atoms with Crippen molar-refractivity contribution in [1.29, 1.82) is 0 Å². The summed E-state index contributed by atoms with van der Waals surface area (Å²) in [6.45, 7) is 2.70. The Labute approximate surface area is 108 Å². The van der Waals surface area contributed by atoms with E-state index in [0.29, 0.717) is 12.3 Å². The zero-order valence-corrected chi connectivity index (χ0v) is 10.7. The molecule has 0 aliphatic carbocycles. The first-order valence-corrected chi connectivity index (χ1v) is 6.39. The van der Waals surface area contributed by atoms with Crippen LogP contribution in [0.3, 0.4) is 0 Å². The molecule has 0 radical (unpaired) electrons. The molecule has 2 N–H and O–H groups in total. The van der Waals surface area contributed by atoms with Gasteiger partial charge in [-0.05, 0) is 43.6 Å². The van der Waals surface area contributed by atoms with Crippen LogP contribution in [0, 0.1) is 5.92 Å². The van der Waals surface area contributed by atoms with Crippen LogP contribution < -0.4 is 5.32 Å². The van der Waals surface area contributed by atoms with Crippen LogP contribution >= 0.6 is 0 Å². The second-order valence-corrected chi connectivity index (χ2v) is 4.90. The predicted octanol–water partition coefficient (Wildman–Crippen LogP) is 1.00. The zero-order chi connectivity index (χ0) is 13.0. The fourth-order valence-electron chi connectivity index (χ4n) is 2.41. The van der Waals surface area contributed by atoms with Gasteiger partial charge in [0, 0.05) is 13.1 Å². The summed E-state index contributed by atoms with van der Waals surface area (Å²) in [6, 6.07) is 6.84. The minimum absolute atomic E-state index is 0.180. The first-order chi connectivity index (χ1) is 8.69. The van der Waals surface area contributed by atoms with Crippen molar-refractivity contribution in [3.63, 3.8) is 0 Å². The molecule has 4 nitrogen and oxygen atoms in total. The van der Waals surface area contributed by atoms with Crippen LogP contribution in [0.15, 0.2) is 24.3 Å². The smallest absolute Gasteiger partial charge is 0.226 e. The van der Waals surface area contributed by atoms with Gasteiger partial charge < -0.3 is 15.3 Å². The molecule has 1 unspecified atom stereocenters. The Hall–Kier alpha value is -1.55. The lowest BCUT2D eigenvalue weighted by Crippen LogP contribution is -2.31. The van der Waals surface area contributed by atoms with Crippen LogP contribution in [0.4, 0.5) is 0 Å². The Morgan fingerprint density at radius 2 is 2.17 bits per heavy atom. The average Bonchev–Trinajstić information content (AvgIpc) is 2.81. The average molecular weight is 248 g/mol. The van der Waals surface area contributed by atoms with Gasteiger partial charge in [-0.15, -0.1) is 0 Å². The van der Waals surface area contributed by atoms with Crippen molar-refractivity contribution in [2.75, 3.05) is 26.7 Å². The maximum atomic E-state index is 12.1. The normalized spacial score (nSPS) is 19.2. The van der Waals surface area contributed by atoms with E-state index in [-0.39, 0.29) is 11.7 Å². The van der Waals surface area contributed by atoms with Crippen LogP contribution in [-0.2, 0) is 11.2 Å². The number of likely N-dealkylation sites (tertiary alicyclic amines) is 1. The van der Waals surface area contributed by atoms with Gasteiger partial charge in [-0.25, -0.2) is 0 Å². The minimum Gasteiger partial charge on any atom is -0.508 e. The number of hydrogen-bond acceptors (Lipinski definition) is 3. The molecular formula is C14H20N2O2. The van der Waals surface area contributed by atoms with Gasteiger partial charge in [0.05, 0.1) is 6.42 Å². The molecule has 0 spiro atoms. The van der Waals surface area contributed by atoms with E-state index in [2.05, 4.69) is 5.32 Å². The fourth-order valence-corrected chi connectivity index (χ4v) is 2.41. The second kappa shape index (κ2) is 5.87. The third kappa shape index (κ3) is 3.23. The summed E-state index contributed by atoms with van der Waals surface area (Å²) in [5, 5.41) is 12.4. The van der Waals surface area contributed by atoms with E-state index < -0.39 is 0 Å². The van der Waals surface area contributed by atoms with E-state index in [1.807, 2.05) is 11.9 Å².